The van der Waals surface area contributed by atoms with Gasteiger partial charge in [-0.05, 0) is 67.1 Å². The first-order valence-corrected chi connectivity index (χ1v) is 9.98. The van der Waals surface area contributed by atoms with Crippen molar-refractivity contribution < 1.29 is 19.1 Å². The van der Waals surface area contributed by atoms with Gasteiger partial charge in [0, 0.05) is 34.4 Å². The van der Waals surface area contributed by atoms with Crippen molar-refractivity contribution in [1.82, 2.24) is 0 Å². The Hall–Kier alpha value is -3.51. The molecule has 31 heavy (non-hydrogen) atoms. The number of amides is 2. The van der Waals surface area contributed by atoms with Crippen LogP contribution in [0.1, 0.15) is 28.4 Å². The SMILES string of the molecule is COc1ccc(C(=O)Nc2cccc(NC(C)=O)c2)cc1COc1ccc(Cl)c(C)c1. The van der Waals surface area contributed by atoms with Gasteiger partial charge in [0.1, 0.15) is 18.1 Å². The maximum Gasteiger partial charge on any atom is 0.255 e. The maximum absolute atomic E-state index is 12.8. The van der Waals surface area contributed by atoms with Crippen molar-refractivity contribution in [2.45, 2.75) is 20.5 Å². The molecule has 0 aliphatic heterocycles. The Morgan fingerprint density at radius 1 is 0.968 bits per heavy atom. The fourth-order valence-electron chi connectivity index (χ4n) is 2.98. The summed E-state index contributed by atoms with van der Waals surface area (Å²) in [4.78, 5) is 24.0. The van der Waals surface area contributed by atoms with Crippen LogP contribution in [0.3, 0.4) is 0 Å². The second-order valence-corrected chi connectivity index (χ2v) is 7.35. The van der Waals surface area contributed by atoms with Gasteiger partial charge in [0.15, 0.2) is 0 Å². The molecule has 0 radical (unpaired) electrons. The molecule has 0 spiro atoms. The normalized spacial score (nSPS) is 10.3. The van der Waals surface area contributed by atoms with Gasteiger partial charge in [0.2, 0.25) is 5.91 Å². The standard InChI is InChI=1S/C24H23ClN2O4/c1-15-11-21(8-9-22(15)25)31-14-18-12-17(7-10-23(18)30-3)24(29)27-20-6-4-5-19(13-20)26-16(2)28/h4-13H,14H2,1-3H3,(H,26,28)(H,27,29). The Balaban J connectivity index is 1.75. The third-order valence-corrected chi connectivity index (χ3v) is 4.93. The zero-order valence-electron chi connectivity index (χ0n) is 17.5. The molecule has 3 rings (SSSR count). The highest BCUT2D eigenvalue weighted by Gasteiger charge is 2.12. The molecular formula is C24H23ClN2O4. The van der Waals surface area contributed by atoms with Crippen LogP contribution in [0, 0.1) is 6.92 Å². The molecule has 0 fully saturated rings. The Labute approximate surface area is 186 Å². The predicted molar refractivity (Wildman–Crippen MR) is 122 cm³/mol. The number of carbonyl (C=O) groups excluding carboxylic acids is 2. The average Bonchev–Trinajstić information content (AvgIpc) is 2.74. The fraction of sp³-hybridized carbons (Fsp3) is 0.167. The third kappa shape index (κ3) is 5.99. The van der Waals surface area contributed by atoms with E-state index in [9.17, 15) is 9.59 Å². The Bertz CT molecular complexity index is 1110. The Morgan fingerprint density at radius 2 is 1.71 bits per heavy atom. The van der Waals surface area contributed by atoms with Crippen LogP contribution in [-0.2, 0) is 11.4 Å². The lowest BCUT2D eigenvalue weighted by Crippen LogP contribution is -2.13. The second-order valence-electron chi connectivity index (χ2n) is 6.94. The number of rotatable bonds is 7. The predicted octanol–water partition coefficient (Wildman–Crippen LogP) is 5.45. The summed E-state index contributed by atoms with van der Waals surface area (Å²) in [5, 5.41) is 6.20. The lowest BCUT2D eigenvalue weighted by Gasteiger charge is -2.13. The number of ether oxygens (including phenoxy) is 2. The molecule has 7 heteroatoms. The number of hydrogen-bond acceptors (Lipinski definition) is 4. The molecule has 3 aromatic rings. The number of benzene rings is 3. The molecule has 2 N–H and O–H groups in total. The van der Waals surface area contributed by atoms with Crippen LogP contribution >= 0.6 is 11.6 Å². The number of anilines is 2. The third-order valence-electron chi connectivity index (χ3n) is 4.51. The first-order valence-electron chi connectivity index (χ1n) is 9.60. The summed E-state index contributed by atoms with van der Waals surface area (Å²) < 4.78 is 11.3. The van der Waals surface area contributed by atoms with Crippen LogP contribution in [0.2, 0.25) is 5.02 Å². The van der Waals surface area contributed by atoms with E-state index in [1.165, 1.54) is 6.92 Å². The highest BCUT2D eigenvalue weighted by Crippen LogP contribution is 2.25. The molecule has 6 nitrogen and oxygen atoms in total. The van der Waals surface area contributed by atoms with Crippen molar-refractivity contribution in [2.75, 3.05) is 17.7 Å². The maximum atomic E-state index is 12.8. The van der Waals surface area contributed by atoms with E-state index in [0.717, 1.165) is 11.1 Å². The van der Waals surface area contributed by atoms with Crippen LogP contribution in [0.4, 0.5) is 11.4 Å². The number of aryl methyl sites for hydroxylation is 1. The van der Waals surface area contributed by atoms with E-state index in [1.54, 1.807) is 61.7 Å². The van der Waals surface area contributed by atoms with Crippen molar-refractivity contribution in [3.63, 3.8) is 0 Å². The van der Waals surface area contributed by atoms with Gasteiger partial charge in [-0.25, -0.2) is 0 Å². The molecule has 2 amide bonds. The average molecular weight is 439 g/mol. The monoisotopic (exact) mass is 438 g/mol. The van der Waals surface area contributed by atoms with Crippen LogP contribution in [-0.4, -0.2) is 18.9 Å². The summed E-state index contributed by atoms with van der Waals surface area (Å²) in [5.41, 5.74) is 3.28. The van der Waals surface area contributed by atoms with Gasteiger partial charge in [-0.15, -0.1) is 0 Å². The minimum Gasteiger partial charge on any atom is -0.496 e. The molecular weight excluding hydrogens is 416 g/mol. The molecule has 0 aromatic heterocycles. The number of halogens is 1. The number of methoxy groups -OCH3 is 1. The quantitative estimate of drug-likeness (QED) is 0.514. The zero-order valence-corrected chi connectivity index (χ0v) is 18.2. The zero-order chi connectivity index (χ0) is 22.4. The Morgan fingerprint density at radius 3 is 2.39 bits per heavy atom. The van der Waals surface area contributed by atoms with Crippen molar-refractivity contribution in [3.05, 3.63) is 82.4 Å². The van der Waals surface area contributed by atoms with Crippen LogP contribution in [0.5, 0.6) is 11.5 Å². The summed E-state index contributed by atoms with van der Waals surface area (Å²) in [6.07, 6.45) is 0. The lowest BCUT2D eigenvalue weighted by molar-refractivity contribution is -0.114. The highest BCUT2D eigenvalue weighted by atomic mass is 35.5. The van der Waals surface area contributed by atoms with E-state index in [-0.39, 0.29) is 18.4 Å². The number of nitrogens with one attached hydrogen (secondary N) is 2. The van der Waals surface area contributed by atoms with Gasteiger partial charge in [0.25, 0.3) is 5.91 Å². The van der Waals surface area contributed by atoms with E-state index in [0.29, 0.717) is 33.5 Å². The lowest BCUT2D eigenvalue weighted by atomic mass is 10.1. The summed E-state index contributed by atoms with van der Waals surface area (Å²) in [6, 6.07) is 17.5. The summed E-state index contributed by atoms with van der Waals surface area (Å²) in [7, 11) is 1.57. The molecule has 0 unspecified atom stereocenters. The van der Waals surface area contributed by atoms with E-state index in [4.69, 9.17) is 21.1 Å². The summed E-state index contributed by atoms with van der Waals surface area (Å²) in [6.45, 7) is 3.56. The minimum atomic E-state index is -0.286. The van der Waals surface area contributed by atoms with Crippen molar-refractivity contribution in [3.8, 4) is 11.5 Å². The van der Waals surface area contributed by atoms with Gasteiger partial charge in [-0.1, -0.05) is 17.7 Å². The van der Waals surface area contributed by atoms with Gasteiger partial charge >= 0.3 is 0 Å². The summed E-state index contributed by atoms with van der Waals surface area (Å²) in [5.74, 6) is 0.828. The number of carbonyl (C=O) groups is 2. The topological polar surface area (TPSA) is 76.7 Å². The Kier molecular flexibility index (Phi) is 7.15. The van der Waals surface area contributed by atoms with E-state index < -0.39 is 0 Å². The van der Waals surface area contributed by atoms with Crippen molar-refractivity contribution in [2.24, 2.45) is 0 Å². The molecule has 0 heterocycles. The van der Waals surface area contributed by atoms with E-state index >= 15 is 0 Å². The molecule has 0 atom stereocenters. The molecule has 0 bridgehead atoms. The van der Waals surface area contributed by atoms with Crippen molar-refractivity contribution >= 4 is 34.8 Å². The first kappa shape index (κ1) is 22.2. The van der Waals surface area contributed by atoms with E-state index in [1.807, 2.05) is 13.0 Å². The smallest absolute Gasteiger partial charge is 0.255 e. The van der Waals surface area contributed by atoms with Crippen LogP contribution in [0.25, 0.3) is 0 Å². The summed E-state index contributed by atoms with van der Waals surface area (Å²) >= 11 is 6.06. The molecule has 0 aliphatic carbocycles. The van der Waals surface area contributed by atoms with Crippen LogP contribution < -0.4 is 20.1 Å². The molecule has 3 aromatic carbocycles. The highest BCUT2D eigenvalue weighted by molar-refractivity contribution is 6.31. The van der Waals surface area contributed by atoms with Gasteiger partial charge in [-0.2, -0.15) is 0 Å². The van der Waals surface area contributed by atoms with Gasteiger partial charge < -0.3 is 20.1 Å². The largest absolute Gasteiger partial charge is 0.496 e. The molecule has 0 saturated carbocycles. The van der Waals surface area contributed by atoms with Crippen molar-refractivity contribution in [1.29, 1.82) is 0 Å². The van der Waals surface area contributed by atoms with E-state index in [2.05, 4.69) is 10.6 Å². The second kappa shape index (κ2) is 10.00. The van der Waals surface area contributed by atoms with Gasteiger partial charge in [0.05, 0.1) is 7.11 Å². The van der Waals surface area contributed by atoms with Crippen LogP contribution in [0.15, 0.2) is 60.7 Å². The molecule has 0 aliphatic rings. The number of hydrogen-bond donors (Lipinski definition) is 2. The molecule has 160 valence electrons. The fourth-order valence-corrected chi connectivity index (χ4v) is 3.10. The van der Waals surface area contributed by atoms with Gasteiger partial charge in [-0.3, -0.25) is 9.59 Å². The first-order chi connectivity index (χ1) is 14.9. The minimum absolute atomic E-state index is 0.181. The molecule has 0 saturated heterocycles.